The van der Waals surface area contributed by atoms with E-state index < -0.39 is 0 Å². The number of nitrogens with one attached hydrogen (secondary N) is 1. The molecule has 2 aliphatic rings. The molecule has 1 amide bonds. The van der Waals surface area contributed by atoms with Crippen LogP contribution in [-0.4, -0.2) is 5.91 Å². The maximum Gasteiger partial charge on any atom is 0.256 e. The largest absolute Gasteiger partial charge is 0.321 e. The minimum Gasteiger partial charge on any atom is -0.321 e. The van der Waals surface area contributed by atoms with Crippen molar-refractivity contribution in [1.82, 2.24) is 0 Å². The fourth-order valence-corrected chi connectivity index (χ4v) is 4.23. The minimum atomic E-state index is -0.0319. The Morgan fingerprint density at radius 2 is 1.77 bits per heavy atom. The second-order valence-corrected chi connectivity index (χ2v) is 7.34. The summed E-state index contributed by atoms with van der Waals surface area (Å²) in [6.45, 7) is 0. The molecule has 2 nitrogen and oxygen atoms in total. The van der Waals surface area contributed by atoms with E-state index >= 15 is 0 Å². The third-order valence-corrected chi connectivity index (χ3v) is 5.80. The molecule has 1 N–H and O–H groups in total. The van der Waals surface area contributed by atoms with Crippen molar-refractivity contribution >= 4 is 39.2 Å². The highest BCUT2D eigenvalue weighted by molar-refractivity contribution is 9.08. The number of amides is 1. The molecular weight excluding hydrogens is 386 g/mol. The molecule has 5 rings (SSSR count). The fourth-order valence-electron chi connectivity index (χ4n) is 3.88. The van der Waals surface area contributed by atoms with Gasteiger partial charge in [-0.05, 0) is 58.0 Å². The molecule has 3 heteroatoms. The first-order valence-corrected chi connectivity index (χ1v) is 9.78. The number of carbonyl (C=O) groups excluding carboxylic acids is 1. The number of benzene rings is 3. The Morgan fingerprint density at radius 1 is 0.923 bits per heavy atom. The number of carbonyl (C=O) groups is 1. The molecule has 26 heavy (non-hydrogen) atoms. The molecule has 0 bridgehead atoms. The second-order valence-electron chi connectivity index (χ2n) is 6.78. The lowest BCUT2D eigenvalue weighted by atomic mass is 9.99. The van der Waals surface area contributed by atoms with Gasteiger partial charge in [0.15, 0.2) is 0 Å². The Kier molecular flexibility index (Phi) is 3.57. The summed E-state index contributed by atoms with van der Waals surface area (Å²) in [6.07, 6.45) is 2.96. The van der Waals surface area contributed by atoms with Crippen molar-refractivity contribution in [2.45, 2.75) is 11.8 Å². The van der Waals surface area contributed by atoms with Crippen LogP contribution >= 0.6 is 15.9 Å². The number of fused-ring (bicyclic) bond motifs is 4. The third kappa shape index (κ3) is 2.43. The highest BCUT2D eigenvalue weighted by Gasteiger charge is 2.24. The van der Waals surface area contributed by atoms with Crippen LogP contribution in [0.25, 0.3) is 22.8 Å². The zero-order valence-electron chi connectivity index (χ0n) is 14.1. The summed E-state index contributed by atoms with van der Waals surface area (Å²) in [5.41, 5.74) is 10.2. The summed E-state index contributed by atoms with van der Waals surface area (Å²) < 4.78 is 0. The van der Waals surface area contributed by atoms with Crippen LogP contribution in [-0.2, 0) is 16.5 Å². The molecule has 126 valence electrons. The number of rotatable bonds is 2. The van der Waals surface area contributed by atoms with Crippen LogP contribution in [0.1, 0.15) is 27.8 Å². The Labute approximate surface area is 160 Å². The average Bonchev–Trinajstić information content (AvgIpc) is 3.18. The Hall–Kier alpha value is -2.65. The molecule has 0 spiro atoms. The molecule has 0 unspecified atom stereocenters. The van der Waals surface area contributed by atoms with Gasteiger partial charge in [0.1, 0.15) is 0 Å². The first kappa shape index (κ1) is 15.6. The number of halogens is 1. The van der Waals surface area contributed by atoms with Gasteiger partial charge in [-0.1, -0.05) is 64.5 Å². The third-order valence-electron chi connectivity index (χ3n) is 5.15. The van der Waals surface area contributed by atoms with E-state index in [9.17, 15) is 4.79 Å². The van der Waals surface area contributed by atoms with E-state index in [0.717, 1.165) is 39.7 Å². The van der Waals surface area contributed by atoms with E-state index in [0.29, 0.717) is 0 Å². The Balaban J connectivity index is 1.57. The monoisotopic (exact) mass is 401 g/mol. The van der Waals surface area contributed by atoms with Crippen molar-refractivity contribution < 1.29 is 4.79 Å². The maximum atomic E-state index is 12.5. The van der Waals surface area contributed by atoms with Crippen LogP contribution in [0.15, 0.2) is 60.7 Å². The first-order valence-electron chi connectivity index (χ1n) is 8.66. The number of hydrogen-bond acceptors (Lipinski definition) is 1. The van der Waals surface area contributed by atoms with Gasteiger partial charge < -0.3 is 5.32 Å². The van der Waals surface area contributed by atoms with Gasteiger partial charge in [0.05, 0.1) is 0 Å². The first-order chi connectivity index (χ1) is 12.7. The summed E-state index contributed by atoms with van der Waals surface area (Å²) in [5.74, 6) is -0.0319. The van der Waals surface area contributed by atoms with Crippen LogP contribution in [0, 0.1) is 0 Å². The zero-order valence-corrected chi connectivity index (χ0v) is 15.6. The summed E-state index contributed by atoms with van der Waals surface area (Å²) >= 11 is 3.49. The van der Waals surface area contributed by atoms with Gasteiger partial charge in [0.2, 0.25) is 0 Å². The van der Waals surface area contributed by atoms with E-state index in [4.69, 9.17) is 0 Å². The van der Waals surface area contributed by atoms with Crippen molar-refractivity contribution in [3.8, 4) is 11.1 Å². The second kappa shape index (κ2) is 5.96. The molecular formula is C23H16BrNO. The average molecular weight is 402 g/mol. The summed E-state index contributed by atoms with van der Waals surface area (Å²) in [5, 5.41) is 3.74. The molecule has 0 aromatic heterocycles. The van der Waals surface area contributed by atoms with Crippen molar-refractivity contribution in [2.75, 3.05) is 5.32 Å². The highest BCUT2D eigenvalue weighted by atomic mass is 79.9. The Bertz CT molecular complexity index is 1100. The van der Waals surface area contributed by atoms with E-state index in [1.54, 1.807) is 0 Å². The molecule has 0 saturated heterocycles. The molecule has 1 heterocycles. The predicted molar refractivity (Wildman–Crippen MR) is 110 cm³/mol. The molecule has 0 saturated carbocycles. The SMILES string of the molecule is O=C1Nc2ccc(CBr)cc2C1=Cc1ccc2c(c1)Cc1ccccc1-2. The quantitative estimate of drug-likeness (QED) is 0.341. The van der Waals surface area contributed by atoms with Gasteiger partial charge in [0, 0.05) is 22.2 Å². The number of alkyl halides is 1. The number of anilines is 1. The lowest BCUT2D eigenvalue weighted by Crippen LogP contribution is -2.03. The van der Waals surface area contributed by atoms with E-state index in [1.807, 2.05) is 18.2 Å². The molecule has 0 atom stereocenters. The summed E-state index contributed by atoms with van der Waals surface area (Å²) in [4.78, 5) is 12.5. The molecule has 3 aromatic rings. The van der Waals surface area contributed by atoms with Crippen LogP contribution < -0.4 is 5.32 Å². The van der Waals surface area contributed by atoms with Gasteiger partial charge in [-0.2, -0.15) is 0 Å². The van der Waals surface area contributed by atoms with Crippen molar-refractivity contribution in [2.24, 2.45) is 0 Å². The van der Waals surface area contributed by atoms with Crippen LogP contribution in [0.4, 0.5) is 5.69 Å². The standard InChI is InChI=1S/C23H16BrNO/c24-13-15-6-8-22-20(11-15)21(23(26)25-22)10-14-5-7-19-17(9-14)12-16-3-1-2-4-18(16)19/h1-11H,12-13H2,(H,25,26). The maximum absolute atomic E-state index is 12.5. The van der Waals surface area contributed by atoms with E-state index in [1.165, 1.54) is 22.3 Å². The van der Waals surface area contributed by atoms with Crippen molar-refractivity contribution in [3.63, 3.8) is 0 Å². The molecule has 0 fully saturated rings. The highest BCUT2D eigenvalue weighted by Crippen LogP contribution is 2.38. The van der Waals surface area contributed by atoms with Crippen LogP contribution in [0.5, 0.6) is 0 Å². The van der Waals surface area contributed by atoms with Gasteiger partial charge in [0.25, 0.3) is 5.91 Å². The van der Waals surface area contributed by atoms with E-state index in [-0.39, 0.29) is 5.91 Å². The van der Waals surface area contributed by atoms with Gasteiger partial charge >= 0.3 is 0 Å². The lowest BCUT2D eigenvalue weighted by Gasteiger charge is -2.04. The predicted octanol–water partition coefficient (Wildman–Crippen LogP) is 5.65. The topological polar surface area (TPSA) is 29.1 Å². The summed E-state index contributed by atoms with van der Waals surface area (Å²) in [6, 6.07) is 21.1. The van der Waals surface area contributed by atoms with Crippen molar-refractivity contribution in [3.05, 3.63) is 88.5 Å². The van der Waals surface area contributed by atoms with Crippen molar-refractivity contribution in [1.29, 1.82) is 0 Å². The molecule has 1 aliphatic heterocycles. The zero-order chi connectivity index (χ0) is 17.7. The van der Waals surface area contributed by atoms with Crippen LogP contribution in [0.2, 0.25) is 0 Å². The van der Waals surface area contributed by atoms with Gasteiger partial charge in [-0.15, -0.1) is 0 Å². The van der Waals surface area contributed by atoms with Gasteiger partial charge in [-0.25, -0.2) is 0 Å². The van der Waals surface area contributed by atoms with E-state index in [2.05, 4.69) is 69.8 Å². The Morgan fingerprint density at radius 3 is 2.65 bits per heavy atom. The normalized spacial score (nSPS) is 15.6. The van der Waals surface area contributed by atoms with Gasteiger partial charge in [-0.3, -0.25) is 4.79 Å². The smallest absolute Gasteiger partial charge is 0.256 e. The number of hydrogen-bond donors (Lipinski definition) is 1. The minimum absolute atomic E-state index is 0.0319. The molecule has 3 aromatic carbocycles. The lowest BCUT2D eigenvalue weighted by molar-refractivity contribution is -0.110. The summed E-state index contributed by atoms with van der Waals surface area (Å²) in [7, 11) is 0. The fraction of sp³-hybridized carbons (Fsp3) is 0.0870. The van der Waals surface area contributed by atoms with Crippen LogP contribution in [0.3, 0.4) is 0 Å². The molecule has 0 radical (unpaired) electrons. The molecule has 1 aliphatic carbocycles.